The van der Waals surface area contributed by atoms with Gasteiger partial charge >= 0.3 is 12.1 Å². The lowest BCUT2D eigenvalue weighted by Crippen LogP contribution is -2.39. The SMILES string of the molecule is O=C(O)CN(CC1CC1)C(=O)C1CC1CNC(=O)OCC1c2ccccc2-c2ccccc21. The van der Waals surface area contributed by atoms with Crippen molar-refractivity contribution in [2.45, 2.75) is 25.2 Å². The third kappa shape index (κ3) is 4.72. The van der Waals surface area contributed by atoms with Crippen molar-refractivity contribution >= 4 is 18.0 Å². The summed E-state index contributed by atoms with van der Waals surface area (Å²) in [5, 5.41) is 11.9. The maximum Gasteiger partial charge on any atom is 0.407 e. The van der Waals surface area contributed by atoms with Crippen LogP contribution in [0.5, 0.6) is 0 Å². The number of carboxylic acids is 1. The fraction of sp³-hybridized carbons (Fsp3) is 0.423. The lowest BCUT2D eigenvalue weighted by molar-refractivity contribution is -0.145. The maximum absolute atomic E-state index is 12.7. The fourth-order valence-electron chi connectivity index (χ4n) is 4.88. The molecule has 2 amide bonds. The first-order valence-corrected chi connectivity index (χ1v) is 11.6. The number of rotatable bonds is 9. The van der Waals surface area contributed by atoms with E-state index in [-0.39, 0.29) is 36.8 Å². The zero-order valence-corrected chi connectivity index (χ0v) is 18.4. The predicted molar refractivity (Wildman–Crippen MR) is 122 cm³/mol. The van der Waals surface area contributed by atoms with Crippen molar-refractivity contribution in [1.82, 2.24) is 10.2 Å². The summed E-state index contributed by atoms with van der Waals surface area (Å²) in [6, 6.07) is 16.4. The summed E-state index contributed by atoms with van der Waals surface area (Å²) in [5.74, 6) is -0.832. The first kappa shape index (κ1) is 21.5. The molecule has 2 saturated carbocycles. The second kappa shape index (κ2) is 8.89. The number of alkyl carbamates (subject to hydrolysis) is 1. The van der Waals surface area contributed by atoms with E-state index in [1.807, 2.05) is 24.3 Å². The average Bonchev–Trinajstić information content (AvgIpc) is 3.74. The molecule has 2 atom stereocenters. The van der Waals surface area contributed by atoms with E-state index < -0.39 is 12.1 Å². The van der Waals surface area contributed by atoms with Gasteiger partial charge in [-0.2, -0.15) is 0 Å². The van der Waals surface area contributed by atoms with Gasteiger partial charge in [-0.25, -0.2) is 4.79 Å². The van der Waals surface area contributed by atoms with Gasteiger partial charge < -0.3 is 20.1 Å². The van der Waals surface area contributed by atoms with E-state index in [1.54, 1.807) is 0 Å². The van der Waals surface area contributed by atoms with Gasteiger partial charge in [-0.05, 0) is 53.4 Å². The van der Waals surface area contributed by atoms with Crippen molar-refractivity contribution in [2.24, 2.45) is 17.8 Å². The number of carbonyl (C=O) groups excluding carboxylic acids is 2. The second-order valence-electron chi connectivity index (χ2n) is 9.36. The van der Waals surface area contributed by atoms with Crippen molar-refractivity contribution < 1.29 is 24.2 Å². The van der Waals surface area contributed by atoms with Gasteiger partial charge in [0.1, 0.15) is 13.2 Å². The number of ether oxygens (including phenoxy) is 1. The van der Waals surface area contributed by atoms with Crippen LogP contribution in [0.1, 0.15) is 36.3 Å². The molecule has 3 aliphatic rings. The number of carboxylic acid groups (broad SMARTS) is 1. The Morgan fingerprint density at radius 1 is 1.00 bits per heavy atom. The Labute approximate surface area is 192 Å². The first-order chi connectivity index (χ1) is 16.0. The van der Waals surface area contributed by atoms with E-state index in [9.17, 15) is 14.4 Å². The lowest BCUT2D eigenvalue weighted by atomic mass is 9.98. The van der Waals surface area contributed by atoms with Crippen LogP contribution < -0.4 is 5.32 Å². The number of aliphatic carboxylic acids is 1. The topological polar surface area (TPSA) is 95.9 Å². The van der Waals surface area contributed by atoms with Gasteiger partial charge in [0, 0.05) is 24.9 Å². The number of amides is 2. The molecule has 33 heavy (non-hydrogen) atoms. The minimum Gasteiger partial charge on any atom is -0.480 e. The molecular weight excluding hydrogens is 420 g/mol. The molecule has 2 aromatic rings. The molecule has 2 unspecified atom stereocenters. The largest absolute Gasteiger partial charge is 0.480 e. The van der Waals surface area contributed by atoms with Crippen molar-refractivity contribution in [3.05, 3.63) is 59.7 Å². The highest BCUT2D eigenvalue weighted by Gasteiger charge is 2.46. The number of carbonyl (C=O) groups is 3. The number of hydrogen-bond acceptors (Lipinski definition) is 4. The Balaban J connectivity index is 1.11. The molecule has 7 heteroatoms. The number of nitrogens with one attached hydrogen (secondary N) is 1. The van der Waals surface area contributed by atoms with Crippen LogP contribution in [0.15, 0.2) is 48.5 Å². The molecule has 0 heterocycles. The van der Waals surface area contributed by atoms with Gasteiger partial charge in [-0.15, -0.1) is 0 Å². The molecule has 2 fully saturated rings. The van der Waals surface area contributed by atoms with Crippen molar-refractivity contribution in [3.63, 3.8) is 0 Å². The van der Waals surface area contributed by atoms with Gasteiger partial charge in [-0.3, -0.25) is 9.59 Å². The summed E-state index contributed by atoms with van der Waals surface area (Å²) < 4.78 is 5.55. The normalized spacial score (nSPS) is 20.5. The first-order valence-electron chi connectivity index (χ1n) is 11.6. The number of benzene rings is 2. The van der Waals surface area contributed by atoms with Crippen molar-refractivity contribution in [2.75, 3.05) is 26.2 Å². The summed E-state index contributed by atoms with van der Waals surface area (Å²) in [7, 11) is 0. The van der Waals surface area contributed by atoms with E-state index in [0.29, 0.717) is 25.4 Å². The summed E-state index contributed by atoms with van der Waals surface area (Å²) in [6.45, 7) is 0.880. The highest BCUT2D eigenvalue weighted by molar-refractivity contribution is 5.85. The molecule has 0 radical (unpaired) electrons. The van der Waals surface area contributed by atoms with Gasteiger partial charge in [0.15, 0.2) is 0 Å². The smallest absolute Gasteiger partial charge is 0.407 e. The minimum absolute atomic E-state index is 0.00500. The average molecular weight is 449 g/mol. The Morgan fingerprint density at radius 2 is 1.64 bits per heavy atom. The second-order valence-corrected chi connectivity index (χ2v) is 9.36. The van der Waals surface area contributed by atoms with Crippen LogP contribution >= 0.6 is 0 Å². The third-order valence-electron chi connectivity index (χ3n) is 6.91. The third-order valence-corrected chi connectivity index (χ3v) is 6.91. The molecule has 5 rings (SSSR count). The van der Waals surface area contributed by atoms with E-state index >= 15 is 0 Å². The monoisotopic (exact) mass is 448 g/mol. The van der Waals surface area contributed by atoms with Crippen LogP contribution in [0.3, 0.4) is 0 Å². The standard InChI is InChI=1S/C26H28N2O5/c29-24(30)14-28(13-16-9-10-16)25(31)22-11-17(22)12-27-26(32)33-15-23-20-7-3-1-5-18(20)19-6-2-4-8-21(19)23/h1-8,16-17,22-23H,9-15H2,(H,27,32)(H,29,30). The Bertz CT molecular complexity index is 1030. The van der Waals surface area contributed by atoms with Gasteiger partial charge in [0.05, 0.1) is 0 Å². The van der Waals surface area contributed by atoms with Gasteiger partial charge in [0.2, 0.25) is 5.91 Å². The lowest BCUT2D eigenvalue weighted by Gasteiger charge is -2.20. The zero-order valence-electron chi connectivity index (χ0n) is 18.4. The highest BCUT2D eigenvalue weighted by atomic mass is 16.5. The highest BCUT2D eigenvalue weighted by Crippen LogP contribution is 2.44. The Morgan fingerprint density at radius 3 is 2.24 bits per heavy atom. The van der Waals surface area contributed by atoms with Crippen LogP contribution in [0.2, 0.25) is 0 Å². The van der Waals surface area contributed by atoms with Gasteiger partial charge in [-0.1, -0.05) is 48.5 Å². The molecular formula is C26H28N2O5. The molecule has 3 aliphatic carbocycles. The van der Waals surface area contributed by atoms with Crippen LogP contribution in [-0.4, -0.2) is 54.2 Å². The van der Waals surface area contributed by atoms with Crippen LogP contribution in [0, 0.1) is 17.8 Å². The van der Waals surface area contributed by atoms with E-state index in [1.165, 1.54) is 16.0 Å². The summed E-state index contributed by atoms with van der Waals surface area (Å²) in [6.07, 6.45) is 2.29. The molecule has 0 aromatic heterocycles. The molecule has 2 N–H and O–H groups in total. The van der Waals surface area contributed by atoms with Crippen molar-refractivity contribution in [3.8, 4) is 11.1 Å². The predicted octanol–water partition coefficient (Wildman–Crippen LogP) is 3.48. The van der Waals surface area contributed by atoms with E-state index in [2.05, 4.69) is 29.6 Å². The summed E-state index contributed by atoms with van der Waals surface area (Å²) in [5.41, 5.74) is 4.68. The molecule has 172 valence electrons. The van der Waals surface area contributed by atoms with Crippen LogP contribution in [0.25, 0.3) is 11.1 Å². The molecule has 7 nitrogen and oxygen atoms in total. The minimum atomic E-state index is -0.988. The van der Waals surface area contributed by atoms with Crippen LogP contribution in [0.4, 0.5) is 4.79 Å². The number of fused-ring (bicyclic) bond motifs is 3. The Kier molecular flexibility index (Phi) is 5.79. The fourth-order valence-corrected chi connectivity index (χ4v) is 4.88. The van der Waals surface area contributed by atoms with E-state index in [0.717, 1.165) is 24.0 Å². The van der Waals surface area contributed by atoms with Crippen LogP contribution in [-0.2, 0) is 14.3 Å². The molecule has 2 aromatic carbocycles. The maximum atomic E-state index is 12.7. The zero-order chi connectivity index (χ0) is 22.9. The quantitative estimate of drug-likeness (QED) is 0.612. The molecule has 0 bridgehead atoms. The Hall–Kier alpha value is -3.35. The number of nitrogens with zero attached hydrogens (tertiary/aromatic N) is 1. The summed E-state index contributed by atoms with van der Waals surface area (Å²) in [4.78, 5) is 37.7. The summed E-state index contributed by atoms with van der Waals surface area (Å²) >= 11 is 0. The molecule has 0 spiro atoms. The van der Waals surface area contributed by atoms with E-state index in [4.69, 9.17) is 9.84 Å². The molecule has 0 aliphatic heterocycles. The van der Waals surface area contributed by atoms with Crippen molar-refractivity contribution in [1.29, 1.82) is 0 Å². The number of hydrogen-bond donors (Lipinski definition) is 2. The molecule has 0 saturated heterocycles. The van der Waals surface area contributed by atoms with Gasteiger partial charge in [0.25, 0.3) is 0 Å².